The average Bonchev–Trinajstić information content (AvgIpc) is 3.14. The molecule has 2 amide bonds. The molecule has 0 radical (unpaired) electrons. The number of rotatable bonds is 6. The molecule has 1 aromatic carbocycles. The minimum absolute atomic E-state index is 0.177. The summed E-state index contributed by atoms with van der Waals surface area (Å²) in [7, 11) is 0. The van der Waals surface area contributed by atoms with E-state index in [4.69, 9.17) is 9.15 Å². The average molecular weight is 344 g/mol. The highest BCUT2D eigenvalue weighted by atomic mass is 16.5. The van der Waals surface area contributed by atoms with Gasteiger partial charge in [0.15, 0.2) is 0 Å². The smallest absolute Gasteiger partial charge is 0.315 e. The lowest BCUT2D eigenvalue weighted by Crippen LogP contribution is -2.44. The van der Waals surface area contributed by atoms with Crippen molar-refractivity contribution in [3.05, 3.63) is 54.0 Å². The van der Waals surface area contributed by atoms with Gasteiger partial charge in [0, 0.05) is 24.9 Å². The number of fused-ring (bicyclic) bond motifs is 1. The fourth-order valence-corrected chi connectivity index (χ4v) is 3.02. The molecule has 134 valence electrons. The van der Waals surface area contributed by atoms with Gasteiger partial charge in [-0.25, -0.2) is 4.79 Å². The Morgan fingerprint density at radius 1 is 1.32 bits per heavy atom. The van der Waals surface area contributed by atoms with Crippen molar-refractivity contribution in [1.82, 2.24) is 10.6 Å². The second-order valence-electron chi connectivity index (χ2n) is 6.51. The Morgan fingerprint density at radius 3 is 2.96 bits per heavy atom. The van der Waals surface area contributed by atoms with Crippen molar-refractivity contribution in [2.24, 2.45) is 5.92 Å². The van der Waals surface area contributed by atoms with Crippen LogP contribution in [0.5, 0.6) is 5.75 Å². The fourth-order valence-electron chi connectivity index (χ4n) is 3.02. The second-order valence-corrected chi connectivity index (χ2v) is 6.51. The summed E-state index contributed by atoms with van der Waals surface area (Å²) in [6.45, 7) is 3.00. The quantitative estimate of drug-likeness (QED) is 0.752. The van der Waals surface area contributed by atoms with Crippen molar-refractivity contribution in [2.75, 3.05) is 13.2 Å². The van der Waals surface area contributed by atoms with Gasteiger partial charge >= 0.3 is 6.03 Å². The van der Waals surface area contributed by atoms with Gasteiger partial charge in [0.2, 0.25) is 0 Å². The molecule has 0 saturated heterocycles. The third-order valence-electron chi connectivity index (χ3n) is 4.33. The highest BCUT2D eigenvalue weighted by Crippen LogP contribution is 2.26. The Bertz CT molecular complexity index is 686. The topological polar surface area (TPSA) is 83.7 Å². The zero-order valence-electron chi connectivity index (χ0n) is 14.3. The summed E-state index contributed by atoms with van der Waals surface area (Å²) in [5.74, 6) is 1.69. The molecular weight excluding hydrogens is 320 g/mol. The number of benzene rings is 1. The molecule has 6 nitrogen and oxygen atoms in total. The number of hydrogen-bond donors (Lipinski definition) is 3. The van der Waals surface area contributed by atoms with Gasteiger partial charge in [-0.15, -0.1) is 0 Å². The van der Waals surface area contributed by atoms with Gasteiger partial charge in [-0.05, 0) is 37.1 Å². The predicted molar refractivity (Wildman–Crippen MR) is 93.4 cm³/mol. The van der Waals surface area contributed by atoms with E-state index in [9.17, 15) is 9.90 Å². The number of nitrogens with one attached hydrogen (secondary N) is 2. The molecular formula is C19H24N2O4. The first-order valence-corrected chi connectivity index (χ1v) is 8.58. The molecule has 3 atom stereocenters. The van der Waals surface area contributed by atoms with Gasteiger partial charge in [-0.2, -0.15) is 0 Å². The number of aliphatic hydroxyl groups excluding tert-OH is 1. The van der Waals surface area contributed by atoms with Crippen molar-refractivity contribution in [3.8, 4) is 5.75 Å². The maximum absolute atomic E-state index is 12.0. The molecule has 2 aromatic rings. The van der Waals surface area contributed by atoms with Crippen molar-refractivity contribution in [3.63, 3.8) is 0 Å². The molecule has 3 rings (SSSR count). The standard InChI is InChI=1S/C19H24N2O4/c1-13(9-16(22)18-7-4-8-24-18)21-19(23)20-11-14-10-15-5-2-3-6-17(15)25-12-14/h2-8,13-14,16,22H,9-12H2,1H3,(H2,20,21,23)/t13-,14-,16+/m1/s1. The number of furan rings is 1. The lowest BCUT2D eigenvalue weighted by Gasteiger charge is -2.25. The zero-order chi connectivity index (χ0) is 17.6. The van der Waals surface area contributed by atoms with Crippen LogP contribution < -0.4 is 15.4 Å². The van der Waals surface area contributed by atoms with Gasteiger partial charge in [0.25, 0.3) is 0 Å². The van der Waals surface area contributed by atoms with E-state index in [1.54, 1.807) is 12.1 Å². The lowest BCUT2D eigenvalue weighted by molar-refractivity contribution is 0.129. The highest BCUT2D eigenvalue weighted by Gasteiger charge is 2.21. The van der Waals surface area contributed by atoms with E-state index >= 15 is 0 Å². The zero-order valence-corrected chi connectivity index (χ0v) is 14.3. The normalized spacial score (nSPS) is 18.6. The number of urea groups is 1. The third-order valence-corrected chi connectivity index (χ3v) is 4.33. The largest absolute Gasteiger partial charge is 0.493 e. The molecule has 0 bridgehead atoms. The molecule has 2 heterocycles. The molecule has 0 saturated carbocycles. The van der Waals surface area contributed by atoms with Crippen LogP contribution in [0.2, 0.25) is 0 Å². The molecule has 1 aliphatic heterocycles. The molecule has 3 N–H and O–H groups in total. The molecule has 0 spiro atoms. The Kier molecular flexibility index (Phi) is 5.60. The summed E-state index contributed by atoms with van der Waals surface area (Å²) in [5.41, 5.74) is 1.18. The van der Waals surface area contributed by atoms with Crippen LogP contribution in [0.15, 0.2) is 47.1 Å². The SMILES string of the molecule is C[C@H](C[C@H](O)c1ccco1)NC(=O)NC[C@@H]1COc2ccccc2C1. The fraction of sp³-hybridized carbons (Fsp3) is 0.421. The summed E-state index contributed by atoms with van der Waals surface area (Å²) < 4.78 is 10.9. The van der Waals surface area contributed by atoms with Crippen LogP contribution >= 0.6 is 0 Å². The molecule has 6 heteroatoms. The minimum Gasteiger partial charge on any atom is -0.493 e. The Labute approximate surface area is 147 Å². The van der Waals surface area contributed by atoms with E-state index in [0.717, 1.165) is 12.2 Å². The lowest BCUT2D eigenvalue weighted by atomic mass is 9.97. The van der Waals surface area contributed by atoms with E-state index < -0.39 is 6.10 Å². The van der Waals surface area contributed by atoms with Crippen molar-refractivity contribution in [1.29, 1.82) is 0 Å². The summed E-state index contributed by atoms with van der Waals surface area (Å²) in [4.78, 5) is 12.0. The third kappa shape index (κ3) is 4.76. The van der Waals surface area contributed by atoms with Gasteiger partial charge in [-0.1, -0.05) is 18.2 Å². The molecule has 0 unspecified atom stereocenters. The van der Waals surface area contributed by atoms with Crippen LogP contribution in [-0.2, 0) is 6.42 Å². The van der Waals surface area contributed by atoms with E-state index in [2.05, 4.69) is 16.7 Å². The van der Waals surface area contributed by atoms with Crippen molar-refractivity contribution >= 4 is 6.03 Å². The minimum atomic E-state index is -0.728. The summed E-state index contributed by atoms with van der Waals surface area (Å²) in [5, 5.41) is 15.8. The second kappa shape index (κ2) is 8.07. The number of hydrogen-bond acceptors (Lipinski definition) is 4. The van der Waals surface area contributed by atoms with Gasteiger partial charge in [-0.3, -0.25) is 0 Å². The molecule has 25 heavy (non-hydrogen) atoms. The van der Waals surface area contributed by atoms with Crippen LogP contribution in [0.1, 0.15) is 30.8 Å². The molecule has 1 aromatic heterocycles. The molecule has 0 aliphatic carbocycles. The summed E-state index contributed by atoms with van der Waals surface area (Å²) in [6.07, 6.45) is 2.08. The maximum atomic E-state index is 12.0. The van der Waals surface area contributed by atoms with E-state index in [1.165, 1.54) is 11.8 Å². The first kappa shape index (κ1) is 17.4. The predicted octanol–water partition coefficient (Wildman–Crippen LogP) is 2.64. The monoisotopic (exact) mass is 344 g/mol. The van der Waals surface area contributed by atoms with E-state index in [-0.39, 0.29) is 18.0 Å². The number of carbonyl (C=O) groups excluding carboxylic acids is 1. The van der Waals surface area contributed by atoms with Crippen LogP contribution in [0, 0.1) is 5.92 Å². The van der Waals surface area contributed by atoms with Gasteiger partial charge in [0.1, 0.15) is 17.6 Å². The maximum Gasteiger partial charge on any atom is 0.315 e. The Balaban J connectivity index is 1.39. The first-order chi connectivity index (χ1) is 12.1. The van der Waals surface area contributed by atoms with Gasteiger partial charge in [0.05, 0.1) is 12.9 Å². The number of carbonyl (C=O) groups is 1. The van der Waals surface area contributed by atoms with E-state index in [0.29, 0.717) is 25.3 Å². The van der Waals surface area contributed by atoms with E-state index in [1.807, 2.05) is 25.1 Å². The summed E-state index contributed by atoms with van der Waals surface area (Å²) >= 11 is 0. The van der Waals surface area contributed by atoms with Gasteiger partial charge < -0.3 is 24.9 Å². The van der Waals surface area contributed by atoms with Crippen LogP contribution in [0.3, 0.4) is 0 Å². The van der Waals surface area contributed by atoms with Crippen LogP contribution in [0.4, 0.5) is 4.79 Å². The van der Waals surface area contributed by atoms with Crippen molar-refractivity contribution in [2.45, 2.75) is 31.9 Å². The first-order valence-electron chi connectivity index (χ1n) is 8.58. The number of ether oxygens (including phenoxy) is 1. The number of amides is 2. The Hall–Kier alpha value is -2.47. The molecule has 0 fully saturated rings. The summed E-state index contributed by atoms with van der Waals surface area (Å²) in [6, 6.07) is 11.0. The molecule has 1 aliphatic rings. The highest BCUT2D eigenvalue weighted by molar-refractivity contribution is 5.74. The number of aliphatic hydroxyl groups is 1. The number of para-hydroxylation sites is 1. The van der Waals surface area contributed by atoms with Crippen LogP contribution in [0.25, 0.3) is 0 Å². The van der Waals surface area contributed by atoms with Crippen LogP contribution in [-0.4, -0.2) is 30.3 Å². The van der Waals surface area contributed by atoms with Crippen molar-refractivity contribution < 1.29 is 19.1 Å². The Morgan fingerprint density at radius 2 is 2.16 bits per heavy atom.